The minimum atomic E-state index is 0.241. The molecule has 5 heteroatoms. The molecule has 1 unspecified atom stereocenters. The molecule has 0 heterocycles. The first-order valence-corrected chi connectivity index (χ1v) is 8.45. The predicted octanol–water partition coefficient (Wildman–Crippen LogP) is 4.71. The van der Waals surface area contributed by atoms with Gasteiger partial charge in [-0.1, -0.05) is 35.9 Å². The number of methoxy groups -OCH3 is 1. The molecule has 0 spiro atoms. The molecule has 0 amide bonds. The van der Waals surface area contributed by atoms with Crippen molar-refractivity contribution in [1.82, 2.24) is 5.32 Å². The number of halogens is 1. The van der Waals surface area contributed by atoms with Crippen molar-refractivity contribution in [3.63, 3.8) is 0 Å². The Kier molecular flexibility index (Phi) is 5.03. The summed E-state index contributed by atoms with van der Waals surface area (Å²) in [5.41, 5.74) is 3.50. The van der Waals surface area contributed by atoms with Crippen LogP contribution in [0.15, 0.2) is 42.5 Å². The zero-order valence-electron chi connectivity index (χ0n) is 12.9. The Balaban J connectivity index is 1.73. The molecule has 3 rings (SSSR count). The third-order valence-corrected chi connectivity index (χ3v) is 4.54. The molecule has 2 aromatic rings. The van der Waals surface area contributed by atoms with Crippen molar-refractivity contribution in [2.24, 2.45) is 0 Å². The van der Waals surface area contributed by atoms with Crippen molar-refractivity contribution < 1.29 is 4.74 Å². The SMILES string of the molecule is COc1ccc(Cl)cc1NC(=S)NC1CCCc2ccccc21. The van der Waals surface area contributed by atoms with E-state index in [1.165, 1.54) is 11.1 Å². The molecule has 0 aromatic heterocycles. The van der Waals surface area contributed by atoms with Crippen molar-refractivity contribution in [3.8, 4) is 5.75 Å². The lowest BCUT2D eigenvalue weighted by Gasteiger charge is -2.27. The van der Waals surface area contributed by atoms with Crippen LogP contribution in [0.3, 0.4) is 0 Å². The van der Waals surface area contributed by atoms with Gasteiger partial charge in [0.05, 0.1) is 18.8 Å². The molecule has 120 valence electrons. The van der Waals surface area contributed by atoms with Crippen LogP contribution >= 0.6 is 23.8 Å². The first kappa shape index (κ1) is 16.1. The van der Waals surface area contributed by atoms with Crippen LogP contribution < -0.4 is 15.4 Å². The Morgan fingerprint density at radius 3 is 2.91 bits per heavy atom. The van der Waals surface area contributed by atoms with Crippen LogP contribution in [0, 0.1) is 0 Å². The van der Waals surface area contributed by atoms with Gasteiger partial charge in [-0.2, -0.15) is 0 Å². The van der Waals surface area contributed by atoms with Gasteiger partial charge in [-0.05, 0) is 60.8 Å². The van der Waals surface area contributed by atoms with E-state index < -0.39 is 0 Å². The van der Waals surface area contributed by atoms with Gasteiger partial charge in [-0.15, -0.1) is 0 Å². The second-order valence-electron chi connectivity index (χ2n) is 5.59. The highest BCUT2D eigenvalue weighted by atomic mass is 35.5. The molecule has 0 radical (unpaired) electrons. The van der Waals surface area contributed by atoms with E-state index in [0.717, 1.165) is 24.9 Å². The van der Waals surface area contributed by atoms with E-state index in [0.29, 0.717) is 15.9 Å². The summed E-state index contributed by atoms with van der Waals surface area (Å²) in [7, 11) is 1.63. The molecular formula is C18H19ClN2OS. The average molecular weight is 347 g/mol. The molecule has 23 heavy (non-hydrogen) atoms. The first-order valence-electron chi connectivity index (χ1n) is 7.66. The van der Waals surface area contributed by atoms with Crippen molar-refractivity contribution in [2.45, 2.75) is 25.3 Å². The summed E-state index contributed by atoms with van der Waals surface area (Å²) in [6, 6.07) is 14.2. The van der Waals surface area contributed by atoms with E-state index >= 15 is 0 Å². The lowest BCUT2D eigenvalue weighted by Crippen LogP contribution is -2.34. The van der Waals surface area contributed by atoms with Gasteiger partial charge >= 0.3 is 0 Å². The molecule has 2 aromatic carbocycles. The fraction of sp³-hybridized carbons (Fsp3) is 0.278. The smallest absolute Gasteiger partial charge is 0.171 e. The molecular weight excluding hydrogens is 328 g/mol. The summed E-state index contributed by atoms with van der Waals surface area (Å²) >= 11 is 11.5. The number of benzene rings is 2. The maximum Gasteiger partial charge on any atom is 0.171 e. The fourth-order valence-corrected chi connectivity index (χ4v) is 3.42. The molecule has 1 atom stereocenters. The summed E-state index contributed by atoms with van der Waals surface area (Å²) in [6.45, 7) is 0. The largest absolute Gasteiger partial charge is 0.495 e. The third-order valence-electron chi connectivity index (χ3n) is 4.08. The topological polar surface area (TPSA) is 33.3 Å². The Hall–Kier alpha value is -1.78. The van der Waals surface area contributed by atoms with Gasteiger partial charge in [0.1, 0.15) is 5.75 Å². The number of aryl methyl sites for hydroxylation is 1. The van der Waals surface area contributed by atoms with Crippen LogP contribution in [0.1, 0.15) is 30.0 Å². The highest BCUT2D eigenvalue weighted by Gasteiger charge is 2.20. The number of rotatable bonds is 3. The number of fused-ring (bicyclic) bond motifs is 1. The van der Waals surface area contributed by atoms with Gasteiger partial charge < -0.3 is 15.4 Å². The normalized spacial score (nSPS) is 16.3. The number of thiocarbonyl (C=S) groups is 1. The van der Waals surface area contributed by atoms with Crippen molar-refractivity contribution in [2.75, 3.05) is 12.4 Å². The van der Waals surface area contributed by atoms with Crippen LogP contribution in [-0.2, 0) is 6.42 Å². The summed E-state index contributed by atoms with van der Waals surface area (Å²) < 4.78 is 5.34. The maximum absolute atomic E-state index is 6.06. The maximum atomic E-state index is 6.06. The lowest BCUT2D eigenvalue weighted by molar-refractivity contribution is 0.417. The summed E-state index contributed by atoms with van der Waals surface area (Å²) in [6.07, 6.45) is 3.37. The summed E-state index contributed by atoms with van der Waals surface area (Å²) in [5.74, 6) is 0.711. The molecule has 0 saturated heterocycles. The Morgan fingerprint density at radius 2 is 2.09 bits per heavy atom. The Morgan fingerprint density at radius 1 is 1.26 bits per heavy atom. The van der Waals surface area contributed by atoms with Gasteiger partial charge in [0.25, 0.3) is 0 Å². The standard InChI is InChI=1S/C18H19ClN2OS/c1-22-17-10-9-13(19)11-16(17)21-18(23)20-15-8-4-6-12-5-2-3-7-14(12)15/h2-3,5,7,9-11,15H,4,6,8H2,1H3,(H2,20,21,23). The highest BCUT2D eigenvalue weighted by molar-refractivity contribution is 7.80. The summed E-state index contributed by atoms with van der Waals surface area (Å²) in [5, 5.41) is 7.82. The van der Waals surface area contributed by atoms with Gasteiger partial charge in [-0.3, -0.25) is 0 Å². The van der Waals surface area contributed by atoms with Crippen molar-refractivity contribution in [3.05, 3.63) is 58.6 Å². The molecule has 1 aliphatic rings. The number of anilines is 1. The minimum absolute atomic E-state index is 0.241. The van der Waals surface area contributed by atoms with Crippen LogP contribution in [0.25, 0.3) is 0 Å². The molecule has 0 saturated carbocycles. The number of hydrogen-bond acceptors (Lipinski definition) is 2. The van der Waals surface area contributed by atoms with Gasteiger partial charge in [-0.25, -0.2) is 0 Å². The van der Waals surface area contributed by atoms with Crippen LogP contribution in [-0.4, -0.2) is 12.2 Å². The first-order chi connectivity index (χ1) is 11.2. The molecule has 0 bridgehead atoms. The average Bonchev–Trinajstić information content (AvgIpc) is 2.55. The van der Waals surface area contributed by atoms with Crippen molar-refractivity contribution in [1.29, 1.82) is 0 Å². The fourth-order valence-electron chi connectivity index (χ4n) is 3.00. The second kappa shape index (κ2) is 7.20. The molecule has 0 aliphatic heterocycles. The van der Waals surface area contributed by atoms with Crippen molar-refractivity contribution >= 4 is 34.6 Å². The Bertz CT molecular complexity index is 720. The third kappa shape index (κ3) is 3.77. The Labute approximate surface area is 147 Å². The van der Waals surface area contributed by atoms with Crippen LogP contribution in [0.5, 0.6) is 5.75 Å². The van der Waals surface area contributed by atoms with Crippen LogP contribution in [0.4, 0.5) is 5.69 Å². The molecule has 3 nitrogen and oxygen atoms in total. The van der Waals surface area contributed by atoms with Gasteiger partial charge in [0, 0.05) is 5.02 Å². The van der Waals surface area contributed by atoms with E-state index in [4.69, 9.17) is 28.6 Å². The molecule has 1 aliphatic carbocycles. The number of ether oxygens (including phenoxy) is 1. The van der Waals surface area contributed by atoms with E-state index in [1.54, 1.807) is 13.2 Å². The molecule has 0 fully saturated rings. The van der Waals surface area contributed by atoms with Crippen LogP contribution in [0.2, 0.25) is 5.02 Å². The minimum Gasteiger partial charge on any atom is -0.495 e. The number of nitrogens with one attached hydrogen (secondary N) is 2. The van der Waals surface area contributed by atoms with E-state index in [2.05, 4.69) is 34.9 Å². The zero-order chi connectivity index (χ0) is 16.2. The zero-order valence-corrected chi connectivity index (χ0v) is 14.5. The quantitative estimate of drug-likeness (QED) is 0.788. The monoisotopic (exact) mass is 346 g/mol. The highest BCUT2D eigenvalue weighted by Crippen LogP contribution is 2.30. The van der Waals surface area contributed by atoms with E-state index in [-0.39, 0.29) is 6.04 Å². The lowest BCUT2D eigenvalue weighted by atomic mass is 9.88. The summed E-state index contributed by atoms with van der Waals surface area (Å²) in [4.78, 5) is 0. The second-order valence-corrected chi connectivity index (χ2v) is 6.43. The van der Waals surface area contributed by atoms with E-state index in [1.807, 2.05) is 12.1 Å². The number of hydrogen-bond donors (Lipinski definition) is 2. The predicted molar refractivity (Wildman–Crippen MR) is 99.5 cm³/mol. The van der Waals surface area contributed by atoms with Gasteiger partial charge in [0.2, 0.25) is 0 Å². The van der Waals surface area contributed by atoms with Gasteiger partial charge in [0.15, 0.2) is 5.11 Å². The van der Waals surface area contributed by atoms with E-state index in [9.17, 15) is 0 Å². The molecule has 2 N–H and O–H groups in total.